The van der Waals surface area contributed by atoms with E-state index in [9.17, 15) is 9.50 Å². The average Bonchev–Trinajstić information content (AvgIpc) is 2.90. The molecule has 1 heterocycles. The van der Waals surface area contributed by atoms with Crippen molar-refractivity contribution in [2.75, 3.05) is 11.9 Å². The van der Waals surface area contributed by atoms with E-state index in [1.165, 1.54) is 17.0 Å². The van der Waals surface area contributed by atoms with E-state index in [0.717, 1.165) is 12.1 Å². The van der Waals surface area contributed by atoms with Crippen molar-refractivity contribution in [3.8, 4) is 0 Å². The van der Waals surface area contributed by atoms with E-state index >= 15 is 0 Å². The van der Waals surface area contributed by atoms with Gasteiger partial charge in [0, 0.05) is 35.6 Å². The Balaban J connectivity index is 2.21. The van der Waals surface area contributed by atoms with Crippen molar-refractivity contribution in [3.05, 3.63) is 52.0 Å². The lowest BCUT2D eigenvalue weighted by atomic mass is 10.0. The topological polar surface area (TPSA) is 23.5 Å². The largest absolute Gasteiger partial charge is 0.389 e. The molecule has 2 unspecified atom stereocenters. The monoisotopic (exact) mass is 293 g/mol. The summed E-state index contributed by atoms with van der Waals surface area (Å²) in [5, 5.41) is 11.9. The van der Waals surface area contributed by atoms with Crippen LogP contribution in [0.2, 0.25) is 0 Å². The Kier molecular flexibility index (Phi) is 4.78. The molecule has 0 fully saturated rings. The lowest BCUT2D eigenvalue weighted by molar-refractivity contribution is 0.199. The SMILES string of the molecule is CC(O)c1cc(F)ccc1N(C)C(C)Cc1cccs1. The molecule has 1 aromatic carbocycles. The molecule has 108 valence electrons. The lowest BCUT2D eigenvalue weighted by Crippen LogP contribution is -2.31. The van der Waals surface area contributed by atoms with Crippen LogP contribution in [0, 0.1) is 5.82 Å². The number of hydrogen-bond acceptors (Lipinski definition) is 3. The number of thiophene rings is 1. The number of aliphatic hydroxyl groups excluding tert-OH is 1. The van der Waals surface area contributed by atoms with Crippen LogP contribution in [-0.4, -0.2) is 18.2 Å². The molecule has 0 aliphatic rings. The maximum absolute atomic E-state index is 13.3. The van der Waals surface area contributed by atoms with Gasteiger partial charge in [0.25, 0.3) is 0 Å². The Morgan fingerprint density at radius 2 is 2.05 bits per heavy atom. The van der Waals surface area contributed by atoms with Gasteiger partial charge in [0.15, 0.2) is 0 Å². The maximum Gasteiger partial charge on any atom is 0.123 e. The number of rotatable bonds is 5. The highest BCUT2D eigenvalue weighted by atomic mass is 32.1. The van der Waals surface area contributed by atoms with Gasteiger partial charge in [-0.05, 0) is 43.5 Å². The molecular weight excluding hydrogens is 273 g/mol. The Morgan fingerprint density at radius 3 is 2.65 bits per heavy atom. The van der Waals surface area contributed by atoms with Crippen LogP contribution >= 0.6 is 11.3 Å². The van der Waals surface area contributed by atoms with E-state index in [4.69, 9.17) is 0 Å². The van der Waals surface area contributed by atoms with Gasteiger partial charge >= 0.3 is 0 Å². The van der Waals surface area contributed by atoms with Gasteiger partial charge in [-0.25, -0.2) is 4.39 Å². The van der Waals surface area contributed by atoms with E-state index < -0.39 is 6.10 Å². The van der Waals surface area contributed by atoms with Gasteiger partial charge in [-0.2, -0.15) is 0 Å². The van der Waals surface area contributed by atoms with Crippen molar-refractivity contribution < 1.29 is 9.50 Å². The smallest absolute Gasteiger partial charge is 0.123 e. The Bertz CT molecular complexity index is 554. The summed E-state index contributed by atoms with van der Waals surface area (Å²) in [6.07, 6.45) is 0.252. The van der Waals surface area contributed by atoms with Crippen LogP contribution in [0.15, 0.2) is 35.7 Å². The molecule has 0 saturated heterocycles. The fourth-order valence-electron chi connectivity index (χ4n) is 2.28. The molecular formula is C16H20FNOS. The maximum atomic E-state index is 13.3. The Labute approximate surface area is 123 Å². The fourth-order valence-corrected chi connectivity index (χ4v) is 3.10. The van der Waals surface area contributed by atoms with Crippen LogP contribution in [0.4, 0.5) is 10.1 Å². The van der Waals surface area contributed by atoms with Crippen LogP contribution in [0.1, 0.15) is 30.4 Å². The van der Waals surface area contributed by atoms with Gasteiger partial charge in [0.05, 0.1) is 6.10 Å². The van der Waals surface area contributed by atoms with Crippen molar-refractivity contribution in [2.24, 2.45) is 0 Å². The predicted octanol–water partition coefficient (Wildman–Crippen LogP) is 4.01. The summed E-state index contributed by atoms with van der Waals surface area (Å²) in [7, 11) is 1.98. The minimum atomic E-state index is -0.683. The predicted molar refractivity (Wildman–Crippen MR) is 82.9 cm³/mol. The van der Waals surface area contributed by atoms with Crippen molar-refractivity contribution in [2.45, 2.75) is 32.4 Å². The third-order valence-corrected chi connectivity index (χ3v) is 4.46. The summed E-state index contributed by atoms with van der Waals surface area (Å²) in [6, 6.07) is 9.03. The zero-order valence-electron chi connectivity index (χ0n) is 12.0. The highest BCUT2D eigenvalue weighted by Crippen LogP contribution is 2.28. The van der Waals surface area contributed by atoms with Crippen molar-refractivity contribution in [1.82, 2.24) is 0 Å². The number of anilines is 1. The standard InChI is InChI=1S/C16H20FNOS/c1-11(9-14-5-4-8-20-14)18(3)16-7-6-13(17)10-15(16)12(2)19/h4-8,10-12,19H,9H2,1-3H3. The zero-order valence-corrected chi connectivity index (χ0v) is 12.8. The Morgan fingerprint density at radius 1 is 1.30 bits per heavy atom. The van der Waals surface area contributed by atoms with Crippen LogP contribution in [0.3, 0.4) is 0 Å². The van der Waals surface area contributed by atoms with Crippen molar-refractivity contribution >= 4 is 17.0 Å². The van der Waals surface area contributed by atoms with Crippen LogP contribution < -0.4 is 4.90 Å². The van der Waals surface area contributed by atoms with Crippen molar-refractivity contribution in [3.63, 3.8) is 0 Å². The number of likely N-dealkylation sites (N-methyl/N-ethyl adjacent to an activating group) is 1. The number of aliphatic hydroxyl groups is 1. The summed E-state index contributed by atoms with van der Waals surface area (Å²) in [5.41, 5.74) is 1.51. The molecule has 2 atom stereocenters. The summed E-state index contributed by atoms with van der Waals surface area (Å²) < 4.78 is 13.3. The van der Waals surface area contributed by atoms with Gasteiger partial charge in [-0.1, -0.05) is 6.07 Å². The highest BCUT2D eigenvalue weighted by molar-refractivity contribution is 7.09. The minimum absolute atomic E-state index is 0.275. The molecule has 0 saturated carbocycles. The molecule has 0 spiro atoms. The summed E-state index contributed by atoms with van der Waals surface area (Å²) in [4.78, 5) is 3.42. The third kappa shape index (κ3) is 3.38. The zero-order chi connectivity index (χ0) is 14.7. The van der Waals surface area contributed by atoms with Gasteiger partial charge < -0.3 is 10.0 Å². The quantitative estimate of drug-likeness (QED) is 0.900. The summed E-state index contributed by atoms with van der Waals surface area (Å²) in [6.45, 7) is 3.80. The molecule has 0 aliphatic carbocycles. The molecule has 2 aromatic rings. The molecule has 2 rings (SSSR count). The molecule has 20 heavy (non-hydrogen) atoms. The molecule has 1 N–H and O–H groups in total. The molecule has 0 bridgehead atoms. The van der Waals surface area contributed by atoms with E-state index in [2.05, 4.69) is 23.3 Å². The Hall–Kier alpha value is -1.39. The first-order valence-corrected chi connectivity index (χ1v) is 7.59. The van der Waals surface area contributed by atoms with Gasteiger partial charge in [-0.15, -0.1) is 11.3 Å². The molecule has 1 aromatic heterocycles. The number of halogens is 1. The fraction of sp³-hybridized carbons (Fsp3) is 0.375. The van der Waals surface area contributed by atoms with Crippen molar-refractivity contribution in [1.29, 1.82) is 0 Å². The lowest BCUT2D eigenvalue weighted by Gasteiger charge is -2.29. The first-order chi connectivity index (χ1) is 9.49. The first kappa shape index (κ1) is 15.0. The van der Waals surface area contributed by atoms with Gasteiger partial charge in [-0.3, -0.25) is 0 Å². The third-order valence-electron chi connectivity index (χ3n) is 3.56. The van der Waals surface area contributed by atoms with Crippen LogP contribution in [0.25, 0.3) is 0 Å². The second-order valence-electron chi connectivity index (χ2n) is 5.12. The minimum Gasteiger partial charge on any atom is -0.389 e. The number of nitrogens with zero attached hydrogens (tertiary/aromatic N) is 1. The average molecular weight is 293 g/mol. The van der Waals surface area contributed by atoms with E-state index in [0.29, 0.717) is 5.56 Å². The number of hydrogen-bond donors (Lipinski definition) is 1. The van der Waals surface area contributed by atoms with Crippen LogP contribution in [0.5, 0.6) is 0 Å². The second kappa shape index (κ2) is 6.37. The van der Waals surface area contributed by atoms with Gasteiger partial charge in [0.1, 0.15) is 5.82 Å². The van der Waals surface area contributed by atoms with E-state index in [1.807, 2.05) is 13.1 Å². The first-order valence-electron chi connectivity index (χ1n) is 6.71. The molecule has 0 aliphatic heterocycles. The summed E-state index contributed by atoms with van der Waals surface area (Å²) >= 11 is 1.74. The van der Waals surface area contributed by atoms with E-state index in [1.54, 1.807) is 24.3 Å². The molecule has 0 amide bonds. The highest BCUT2D eigenvalue weighted by Gasteiger charge is 2.17. The molecule has 4 heteroatoms. The van der Waals surface area contributed by atoms with Crippen LogP contribution in [-0.2, 0) is 6.42 Å². The molecule has 0 radical (unpaired) electrons. The van der Waals surface area contributed by atoms with Gasteiger partial charge in [0.2, 0.25) is 0 Å². The normalized spacial score (nSPS) is 14.1. The summed E-state index contributed by atoms with van der Waals surface area (Å²) in [5.74, 6) is -0.316. The van der Waals surface area contributed by atoms with E-state index in [-0.39, 0.29) is 11.9 Å². The second-order valence-corrected chi connectivity index (χ2v) is 6.15. The molecule has 2 nitrogen and oxygen atoms in total. The number of benzene rings is 1.